The van der Waals surface area contributed by atoms with Gasteiger partial charge in [0.15, 0.2) is 0 Å². The normalized spacial score (nSPS) is 11.2. The summed E-state index contributed by atoms with van der Waals surface area (Å²) in [7, 11) is 0. The number of hydrogen-bond acceptors (Lipinski definition) is 1. The monoisotopic (exact) mass is 588 g/mol. The molecular weight excluding hydrogens is 556 g/mol. The maximum absolute atomic E-state index is 10.6. The molecule has 0 aliphatic carbocycles. The highest BCUT2D eigenvalue weighted by Gasteiger charge is 2.19. The first-order chi connectivity index (χ1) is 22.7. The predicted octanol–water partition coefficient (Wildman–Crippen LogP) is 12.3. The molecule has 0 radical (unpaired) electrons. The molecule has 1 N–H and O–H groups in total. The summed E-state index contributed by atoms with van der Waals surface area (Å²) in [5, 5.41) is 15.5. The number of phenolic OH excluding ortho intramolecular Hbond substituents is 1. The Morgan fingerprint density at radius 2 is 0.804 bits per heavy atom. The van der Waals surface area contributed by atoms with E-state index in [1.165, 1.54) is 54.9 Å². The molecule has 8 aromatic carbocycles. The average molecular weight is 589 g/mol. The van der Waals surface area contributed by atoms with Crippen LogP contribution in [-0.2, 0) is 0 Å². The van der Waals surface area contributed by atoms with Crippen molar-refractivity contribution in [3.8, 4) is 61.4 Å². The Morgan fingerprint density at radius 1 is 0.326 bits per heavy atom. The lowest BCUT2D eigenvalue weighted by Crippen LogP contribution is -1.92. The Balaban J connectivity index is 1.30. The minimum absolute atomic E-state index is 0.298. The van der Waals surface area contributed by atoms with Gasteiger partial charge in [-0.1, -0.05) is 158 Å². The molecule has 218 valence electrons. The molecule has 0 unspecified atom stereocenters. The Hall–Kier alpha value is -5.92. The van der Waals surface area contributed by atoms with Crippen LogP contribution in [0.4, 0.5) is 0 Å². The molecule has 0 bridgehead atoms. The fourth-order valence-electron chi connectivity index (χ4n) is 6.92. The fourth-order valence-corrected chi connectivity index (χ4v) is 6.92. The maximum Gasteiger partial charge on any atom is 0.123 e. The van der Waals surface area contributed by atoms with Gasteiger partial charge in [0.25, 0.3) is 0 Å². The molecule has 0 heterocycles. The lowest BCUT2D eigenvalue weighted by Gasteiger charge is -2.20. The van der Waals surface area contributed by atoms with E-state index in [4.69, 9.17) is 0 Å². The molecule has 8 aromatic rings. The molecule has 0 fully saturated rings. The third-order valence-corrected chi connectivity index (χ3v) is 9.15. The lowest BCUT2D eigenvalue weighted by molar-refractivity contribution is 0.477. The predicted molar refractivity (Wildman–Crippen MR) is 195 cm³/mol. The second kappa shape index (κ2) is 11.5. The van der Waals surface area contributed by atoms with Crippen LogP contribution in [0.5, 0.6) is 5.75 Å². The van der Waals surface area contributed by atoms with Gasteiger partial charge in [-0.15, -0.1) is 0 Å². The minimum Gasteiger partial charge on any atom is -0.507 e. The third-order valence-electron chi connectivity index (χ3n) is 9.15. The van der Waals surface area contributed by atoms with Crippen molar-refractivity contribution in [2.75, 3.05) is 0 Å². The van der Waals surface area contributed by atoms with E-state index in [1.807, 2.05) is 18.2 Å². The summed E-state index contributed by atoms with van der Waals surface area (Å²) in [6.45, 7) is 2.09. The average Bonchev–Trinajstić information content (AvgIpc) is 3.12. The van der Waals surface area contributed by atoms with E-state index < -0.39 is 0 Å². The zero-order valence-electron chi connectivity index (χ0n) is 25.6. The quantitative estimate of drug-likeness (QED) is 0.198. The Bertz CT molecular complexity index is 2310. The number of benzene rings is 8. The van der Waals surface area contributed by atoms with Gasteiger partial charge in [-0.25, -0.2) is 0 Å². The summed E-state index contributed by atoms with van der Waals surface area (Å²) in [6, 6.07) is 60.1. The van der Waals surface area contributed by atoms with Gasteiger partial charge in [0.05, 0.1) is 0 Å². The molecule has 0 aromatic heterocycles. The Morgan fingerprint density at radius 3 is 1.43 bits per heavy atom. The van der Waals surface area contributed by atoms with Crippen LogP contribution in [0.25, 0.3) is 77.2 Å². The summed E-state index contributed by atoms with van der Waals surface area (Å²) in [4.78, 5) is 0. The number of para-hydroxylation sites is 1. The van der Waals surface area contributed by atoms with E-state index in [-0.39, 0.29) is 0 Å². The van der Waals surface area contributed by atoms with Crippen LogP contribution >= 0.6 is 0 Å². The van der Waals surface area contributed by atoms with Crippen molar-refractivity contribution in [1.29, 1.82) is 0 Å². The van der Waals surface area contributed by atoms with Crippen LogP contribution in [0.1, 0.15) is 5.56 Å². The van der Waals surface area contributed by atoms with Crippen molar-refractivity contribution in [1.82, 2.24) is 0 Å². The summed E-state index contributed by atoms with van der Waals surface area (Å²) < 4.78 is 0. The van der Waals surface area contributed by atoms with Crippen molar-refractivity contribution < 1.29 is 5.11 Å². The molecule has 0 saturated heterocycles. The molecule has 1 heteroatoms. The third kappa shape index (κ3) is 4.74. The van der Waals surface area contributed by atoms with Crippen molar-refractivity contribution in [3.63, 3.8) is 0 Å². The highest BCUT2D eigenvalue weighted by atomic mass is 16.3. The highest BCUT2D eigenvalue weighted by molar-refractivity contribution is 6.22. The number of hydrogen-bond donors (Lipinski definition) is 1. The number of phenols is 1. The molecular formula is C45H32O. The van der Waals surface area contributed by atoms with Gasteiger partial charge >= 0.3 is 0 Å². The van der Waals surface area contributed by atoms with Gasteiger partial charge in [0.1, 0.15) is 5.75 Å². The Labute approximate surface area is 269 Å². The largest absolute Gasteiger partial charge is 0.507 e. The lowest BCUT2D eigenvalue weighted by atomic mass is 9.83. The smallest absolute Gasteiger partial charge is 0.123 e. The highest BCUT2D eigenvalue weighted by Crippen LogP contribution is 2.46. The second-order valence-corrected chi connectivity index (χ2v) is 11.9. The minimum atomic E-state index is 0.298. The SMILES string of the molecule is Cc1ccc(-c2ccc(-c3c4ccccc4c(-c4ccccc4-c4ccccc4)c4ccccc34)cc2)cc1-c1ccccc1O. The molecule has 0 amide bonds. The number of rotatable bonds is 5. The van der Waals surface area contributed by atoms with Gasteiger partial charge in [0.2, 0.25) is 0 Å². The number of aryl methyl sites for hydroxylation is 1. The first kappa shape index (κ1) is 27.6. The van der Waals surface area contributed by atoms with E-state index in [2.05, 4.69) is 153 Å². The summed E-state index contributed by atoms with van der Waals surface area (Å²) >= 11 is 0. The summed E-state index contributed by atoms with van der Waals surface area (Å²) in [5.74, 6) is 0.298. The molecule has 46 heavy (non-hydrogen) atoms. The fraction of sp³-hybridized carbons (Fsp3) is 0.0222. The molecule has 0 aliphatic heterocycles. The second-order valence-electron chi connectivity index (χ2n) is 11.9. The van der Waals surface area contributed by atoms with Gasteiger partial charge in [-0.3, -0.25) is 0 Å². The Kier molecular flexibility index (Phi) is 6.93. The van der Waals surface area contributed by atoms with Gasteiger partial charge in [0, 0.05) is 5.56 Å². The molecule has 1 nitrogen and oxygen atoms in total. The topological polar surface area (TPSA) is 20.2 Å². The van der Waals surface area contributed by atoms with Crippen LogP contribution in [0, 0.1) is 6.92 Å². The van der Waals surface area contributed by atoms with Crippen LogP contribution in [0.2, 0.25) is 0 Å². The molecule has 0 spiro atoms. The van der Waals surface area contributed by atoms with E-state index >= 15 is 0 Å². The number of fused-ring (bicyclic) bond motifs is 2. The van der Waals surface area contributed by atoms with Crippen LogP contribution in [-0.4, -0.2) is 5.11 Å². The zero-order valence-corrected chi connectivity index (χ0v) is 25.6. The van der Waals surface area contributed by atoms with Crippen molar-refractivity contribution >= 4 is 21.5 Å². The molecule has 0 saturated carbocycles. The van der Waals surface area contributed by atoms with Crippen molar-refractivity contribution in [2.45, 2.75) is 6.92 Å². The summed E-state index contributed by atoms with van der Waals surface area (Å²) in [6.07, 6.45) is 0. The van der Waals surface area contributed by atoms with Gasteiger partial charge < -0.3 is 5.11 Å². The number of aromatic hydroxyl groups is 1. The van der Waals surface area contributed by atoms with E-state index in [0.717, 1.165) is 27.8 Å². The van der Waals surface area contributed by atoms with E-state index in [1.54, 1.807) is 6.07 Å². The molecule has 8 rings (SSSR count). The molecule has 0 atom stereocenters. The van der Waals surface area contributed by atoms with Crippen molar-refractivity contribution in [2.24, 2.45) is 0 Å². The van der Waals surface area contributed by atoms with Crippen LogP contribution in [0.15, 0.2) is 170 Å². The van der Waals surface area contributed by atoms with Gasteiger partial charge in [-0.05, 0) is 96.2 Å². The summed E-state index contributed by atoms with van der Waals surface area (Å²) in [5.41, 5.74) is 12.7. The maximum atomic E-state index is 10.6. The standard InChI is InChI=1S/C45H32O/c1-30-23-24-34(29-42(30)36-16-11-12-22-43(36)46)31-25-27-33(28-26-31)44-38-18-7-9-20-40(38)45(41-21-10-8-19-39(41)44)37-17-6-5-15-35(37)32-13-3-2-4-14-32/h2-29,46H,1H3. The van der Waals surface area contributed by atoms with Crippen molar-refractivity contribution in [3.05, 3.63) is 175 Å². The molecule has 0 aliphatic rings. The first-order valence-corrected chi connectivity index (χ1v) is 15.8. The van der Waals surface area contributed by atoms with E-state index in [0.29, 0.717) is 5.75 Å². The van der Waals surface area contributed by atoms with Gasteiger partial charge in [-0.2, -0.15) is 0 Å². The van der Waals surface area contributed by atoms with E-state index in [9.17, 15) is 5.11 Å². The zero-order chi connectivity index (χ0) is 31.0. The van der Waals surface area contributed by atoms with Crippen LogP contribution < -0.4 is 0 Å². The first-order valence-electron chi connectivity index (χ1n) is 15.8. The van der Waals surface area contributed by atoms with Crippen LogP contribution in [0.3, 0.4) is 0 Å².